The molecule has 2 rings (SSSR count). The summed E-state index contributed by atoms with van der Waals surface area (Å²) in [5, 5.41) is 19.0. The van der Waals surface area contributed by atoms with Crippen LogP contribution in [-0.4, -0.2) is 33.8 Å². The Morgan fingerprint density at radius 3 is 2.33 bits per heavy atom. The van der Waals surface area contributed by atoms with Crippen molar-refractivity contribution in [1.29, 1.82) is 0 Å². The molecule has 2 N–H and O–H groups in total. The number of rotatable bonds is 6. The molecule has 1 heterocycles. The molecule has 0 saturated heterocycles. The zero-order valence-corrected chi connectivity index (χ0v) is 13.6. The highest BCUT2D eigenvalue weighted by atomic mass is 16.5. The predicted molar refractivity (Wildman–Crippen MR) is 87.4 cm³/mol. The van der Waals surface area contributed by atoms with Gasteiger partial charge in [-0.2, -0.15) is 0 Å². The Morgan fingerprint density at radius 1 is 1.17 bits per heavy atom. The molecule has 0 spiro atoms. The first kappa shape index (κ1) is 17.5. The van der Waals surface area contributed by atoms with Crippen LogP contribution in [0.2, 0.25) is 0 Å². The van der Waals surface area contributed by atoms with E-state index in [1.54, 1.807) is 32.2 Å². The summed E-state index contributed by atoms with van der Waals surface area (Å²) in [7, 11) is 3.12. The first-order valence-corrected chi connectivity index (χ1v) is 7.39. The van der Waals surface area contributed by atoms with Crippen molar-refractivity contribution in [3.05, 3.63) is 40.2 Å². The summed E-state index contributed by atoms with van der Waals surface area (Å²) in [6.07, 6.45) is 0.252. The number of fused-ring (bicyclic) bond motifs is 1. The summed E-state index contributed by atoms with van der Waals surface area (Å²) in [4.78, 5) is 34.3. The molecular formula is C17H19NO6. The lowest BCUT2D eigenvalue weighted by Gasteiger charge is -2.19. The highest BCUT2D eigenvalue weighted by Crippen LogP contribution is 2.30. The minimum Gasteiger partial charge on any atom is -0.495 e. The fourth-order valence-electron chi connectivity index (χ4n) is 2.94. The van der Waals surface area contributed by atoms with Gasteiger partial charge in [0.1, 0.15) is 5.75 Å². The molecule has 7 nitrogen and oxygen atoms in total. The lowest BCUT2D eigenvalue weighted by molar-refractivity contribution is -0.156. The average Bonchev–Trinajstić information content (AvgIpc) is 2.50. The standard InChI is InChI=1S/C17H19NO6/c1-9(14(16(20)21)17(22)23)8-10-4-6-12(24-3)15-11(10)5-7-13(19)18(15)2/h4-7,9,14H,8H2,1-3H3,(H,20,21)(H,22,23). The van der Waals surface area contributed by atoms with Crippen LogP contribution in [0.1, 0.15) is 12.5 Å². The zero-order valence-electron chi connectivity index (χ0n) is 13.6. The Morgan fingerprint density at radius 2 is 1.79 bits per heavy atom. The number of ether oxygens (including phenoxy) is 1. The van der Waals surface area contributed by atoms with Crippen LogP contribution < -0.4 is 10.3 Å². The van der Waals surface area contributed by atoms with Gasteiger partial charge < -0.3 is 19.5 Å². The Bertz CT molecular complexity index is 840. The molecule has 0 aliphatic heterocycles. The number of methoxy groups -OCH3 is 1. The van der Waals surface area contributed by atoms with Gasteiger partial charge in [-0.25, -0.2) is 0 Å². The SMILES string of the molecule is COc1ccc(CC(C)C(C(=O)O)C(=O)O)c2ccc(=O)n(C)c12. The molecule has 0 bridgehead atoms. The molecule has 1 aromatic heterocycles. The van der Waals surface area contributed by atoms with E-state index in [1.165, 1.54) is 17.7 Å². The first-order valence-electron chi connectivity index (χ1n) is 7.39. The van der Waals surface area contributed by atoms with E-state index in [4.69, 9.17) is 14.9 Å². The number of aliphatic carboxylic acids is 2. The normalized spacial score (nSPS) is 12.3. The summed E-state index contributed by atoms with van der Waals surface area (Å²) in [6, 6.07) is 6.53. The zero-order chi connectivity index (χ0) is 18.0. The molecule has 1 atom stereocenters. The Balaban J connectivity index is 2.55. The van der Waals surface area contributed by atoms with E-state index >= 15 is 0 Å². The van der Waals surface area contributed by atoms with Crippen LogP contribution in [0, 0.1) is 11.8 Å². The number of nitrogens with zero attached hydrogens (tertiary/aromatic N) is 1. The number of aryl methyl sites for hydroxylation is 1. The number of hydrogen-bond donors (Lipinski definition) is 2. The second-order valence-electron chi connectivity index (χ2n) is 5.76. The van der Waals surface area contributed by atoms with Gasteiger partial charge in [0, 0.05) is 18.5 Å². The van der Waals surface area contributed by atoms with Gasteiger partial charge in [-0.05, 0) is 30.0 Å². The van der Waals surface area contributed by atoms with Crippen molar-refractivity contribution in [2.45, 2.75) is 13.3 Å². The van der Waals surface area contributed by atoms with Crippen molar-refractivity contribution in [3.8, 4) is 5.75 Å². The molecule has 0 radical (unpaired) electrons. The molecule has 24 heavy (non-hydrogen) atoms. The van der Waals surface area contributed by atoms with Crippen LogP contribution in [0.15, 0.2) is 29.1 Å². The molecule has 0 saturated carbocycles. The van der Waals surface area contributed by atoms with Crippen LogP contribution in [0.4, 0.5) is 0 Å². The Labute approximate surface area is 138 Å². The van der Waals surface area contributed by atoms with Crippen molar-refractivity contribution in [2.75, 3.05) is 7.11 Å². The summed E-state index contributed by atoms with van der Waals surface area (Å²) in [5.41, 5.74) is 1.17. The fraction of sp³-hybridized carbons (Fsp3) is 0.353. The molecule has 0 aliphatic carbocycles. The molecule has 2 aromatic rings. The average molecular weight is 333 g/mol. The van der Waals surface area contributed by atoms with E-state index in [0.29, 0.717) is 11.3 Å². The summed E-state index contributed by atoms with van der Waals surface area (Å²) < 4.78 is 6.75. The molecule has 0 aliphatic rings. The highest BCUT2D eigenvalue weighted by Gasteiger charge is 2.32. The summed E-state index contributed by atoms with van der Waals surface area (Å²) >= 11 is 0. The monoisotopic (exact) mass is 333 g/mol. The van der Waals surface area contributed by atoms with Crippen molar-refractivity contribution >= 4 is 22.8 Å². The third kappa shape index (κ3) is 3.10. The fourth-order valence-corrected chi connectivity index (χ4v) is 2.94. The van der Waals surface area contributed by atoms with Crippen LogP contribution in [0.3, 0.4) is 0 Å². The number of benzene rings is 1. The highest BCUT2D eigenvalue weighted by molar-refractivity contribution is 5.93. The van der Waals surface area contributed by atoms with E-state index in [9.17, 15) is 14.4 Å². The number of pyridine rings is 1. The van der Waals surface area contributed by atoms with Crippen LogP contribution in [0.5, 0.6) is 5.75 Å². The maximum Gasteiger partial charge on any atom is 0.318 e. The van der Waals surface area contributed by atoms with Gasteiger partial charge in [0.25, 0.3) is 5.56 Å². The molecule has 128 valence electrons. The minimum atomic E-state index is -1.49. The van der Waals surface area contributed by atoms with E-state index in [1.807, 2.05) is 0 Å². The molecule has 0 fully saturated rings. The van der Waals surface area contributed by atoms with Gasteiger partial charge in [-0.3, -0.25) is 14.4 Å². The first-order chi connectivity index (χ1) is 11.3. The van der Waals surface area contributed by atoms with E-state index < -0.39 is 23.8 Å². The van der Waals surface area contributed by atoms with Gasteiger partial charge >= 0.3 is 11.9 Å². The van der Waals surface area contributed by atoms with Crippen LogP contribution >= 0.6 is 0 Å². The Kier molecular flexibility index (Phi) is 4.92. The number of hydrogen-bond acceptors (Lipinski definition) is 4. The summed E-state index contributed by atoms with van der Waals surface area (Å²) in [5.74, 6) is -4.31. The van der Waals surface area contributed by atoms with Crippen LogP contribution in [0.25, 0.3) is 10.9 Å². The molecule has 7 heteroatoms. The third-order valence-corrected chi connectivity index (χ3v) is 4.19. The Hall–Kier alpha value is -2.83. The van der Waals surface area contributed by atoms with Crippen molar-refractivity contribution < 1.29 is 24.5 Å². The topological polar surface area (TPSA) is 106 Å². The maximum atomic E-state index is 11.9. The van der Waals surface area contributed by atoms with Crippen molar-refractivity contribution in [1.82, 2.24) is 4.57 Å². The molecule has 1 aromatic carbocycles. The number of carboxylic acid groups (broad SMARTS) is 2. The van der Waals surface area contributed by atoms with Gasteiger partial charge in [0.15, 0.2) is 5.92 Å². The molecule has 0 amide bonds. The van der Waals surface area contributed by atoms with Gasteiger partial charge in [-0.15, -0.1) is 0 Å². The van der Waals surface area contributed by atoms with Gasteiger partial charge in [-0.1, -0.05) is 13.0 Å². The number of carboxylic acids is 2. The third-order valence-electron chi connectivity index (χ3n) is 4.19. The van der Waals surface area contributed by atoms with E-state index in [-0.39, 0.29) is 12.0 Å². The van der Waals surface area contributed by atoms with Gasteiger partial charge in [0.2, 0.25) is 0 Å². The van der Waals surface area contributed by atoms with E-state index in [0.717, 1.165) is 10.9 Å². The quantitative estimate of drug-likeness (QED) is 0.776. The lowest BCUT2D eigenvalue weighted by atomic mass is 9.87. The maximum absolute atomic E-state index is 11.9. The van der Waals surface area contributed by atoms with Gasteiger partial charge in [0.05, 0.1) is 12.6 Å². The number of aromatic nitrogens is 1. The van der Waals surface area contributed by atoms with E-state index in [2.05, 4.69) is 0 Å². The second-order valence-corrected chi connectivity index (χ2v) is 5.76. The summed E-state index contributed by atoms with van der Waals surface area (Å²) in [6.45, 7) is 1.59. The second kappa shape index (κ2) is 6.74. The predicted octanol–water partition coefficient (Wildman–Crippen LogP) is 1.51. The largest absolute Gasteiger partial charge is 0.495 e. The smallest absolute Gasteiger partial charge is 0.318 e. The lowest BCUT2D eigenvalue weighted by Crippen LogP contribution is -2.31. The molecular weight excluding hydrogens is 314 g/mol. The van der Waals surface area contributed by atoms with Crippen molar-refractivity contribution in [2.24, 2.45) is 18.9 Å². The number of carbonyl (C=O) groups is 2. The van der Waals surface area contributed by atoms with Crippen LogP contribution in [-0.2, 0) is 23.1 Å². The minimum absolute atomic E-state index is 0.194. The molecule has 1 unspecified atom stereocenters. The van der Waals surface area contributed by atoms with Crippen molar-refractivity contribution in [3.63, 3.8) is 0 Å².